The third kappa shape index (κ3) is 7.09. The molecule has 3 rings (SSSR count). The van der Waals surface area contributed by atoms with Crippen molar-refractivity contribution in [2.24, 2.45) is 0 Å². The van der Waals surface area contributed by atoms with Gasteiger partial charge in [-0.2, -0.15) is 5.26 Å². The summed E-state index contributed by atoms with van der Waals surface area (Å²) in [7, 11) is -3.42. The fourth-order valence-corrected chi connectivity index (χ4v) is 5.46. The van der Waals surface area contributed by atoms with Gasteiger partial charge in [0.1, 0.15) is 0 Å². The van der Waals surface area contributed by atoms with Gasteiger partial charge in [0.2, 0.25) is 10.0 Å². The molecular formula is C27H36N4O2S. The Balaban J connectivity index is 1.60. The highest BCUT2D eigenvalue weighted by atomic mass is 32.2. The van der Waals surface area contributed by atoms with E-state index in [1.807, 2.05) is 51.1 Å². The molecule has 6 nitrogen and oxygen atoms in total. The van der Waals surface area contributed by atoms with Gasteiger partial charge in [0.15, 0.2) is 0 Å². The standard InChI is InChI=1S/C27H36N4O2S/c1-20(2)29-14-5-17-34(32,33)30-27-18-26(9-6-21(27)3)22(4)31-15-12-25(13-16-31)24-10-7-23(19-28)8-11-24/h6-11,18,20,25,29-30H,4-5,12-17H2,1-3H3. The molecule has 2 aromatic rings. The second-order valence-electron chi connectivity index (χ2n) is 9.35. The molecule has 0 bridgehead atoms. The predicted octanol–water partition coefficient (Wildman–Crippen LogP) is 4.85. The van der Waals surface area contributed by atoms with Crippen LogP contribution in [0, 0.1) is 18.3 Å². The van der Waals surface area contributed by atoms with E-state index in [4.69, 9.17) is 5.26 Å². The fraction of sp³-hybridized carbons (Fsp3) is 0.444. The molecule has 0 spiro atoms. The van der Waals surface area contributed by atoms with Gasteiger partial charge in [-0.3, -0.25) is 4.72 Å². The molecule has 0 radical (unpaired) electrons. The number of aryl methyl sites for hydroxylation is 1. The van der Waals surface area contributed by atoms with E-state index in [0.29, 0.717) is 36.2 Å². The average Bonchev–Trinajstić information content (AvgIpc) is 2.83. The van der Waals surface area contributed by atoms with E-state index in [9.17, 15) is 8.42 Å². The van der Waals surface area contributed by atoms with Gasteiger partial charge >= 0.3 is 0 Å². The first-order valence-electron chi connectivity index (χ1n) is 12.0. The highest BCUT2D eigenvalue weighted by Crippen LogP contribution is 2.32. The summed E-state index contributed by atoms with van der Waals surface area (Å²) in [5, 5.41) is 12.3. The Hall–Kier alpha value is -2.82. The molecular weight excluding hydrogens is 444 g/mol. The van der Waals surface area contributed by atoms with Gasteiger partial charge < -0.3 is 10.2 Å². The van der Waals surface area contributed by atoms with E-state index < -0.39 is 10.0 Å². The summed E-state index contributed by atoms with van der Waals surface area (Å²) in [4.78, 5) is 2.28. The van der Waals surface area contributed by atoms with Gasteiger partial charge in [-0.25, -0.2) is 8.42 Å². The Labute approximate surface area is 204 Å². The lowest BCUT2D eigenvalue weighted by atomic mass is 9.88. The van der Waals surface area contributed by atoms with Crippen LogP contribution in [0.1, 0.15) is 61.3 Å². The smallest absolute Gasteiger partial charge is 0.232 e. The number of likely N-dealkylation sites (tertiary alicyclic amines) is 1. The molecule has 7 heteroatoms. The molecule has 2 aromatic carbocycles. The summed E-state index contributed by atoms with van der Waals surface area (Å²) in [6, 6.07) is 16.3. The van der Waals surface area contributed by atoms with Crippen molar-refractivity contribution >= 4 is 21.4 Å². The number of benzene rings is 2. The number of rotatable bonds is 10. The maximum atomic E-state index is 12.6. The van der Waals surface area contributed by atoms with E-state index in [2.05, 4.69) is 39.7 Å². The third-order valence-electron chi connectivity index (χ3n) is 6.37. The van der Waals surface area contributed by atoms with E-state index in [1.165, 1.54) is 5.56 Å². The van der Waals surface area contributed by atoms with Crippen LogP contribution >= 0.6 is 0 Å². The Morgan fingerprint density at radius 2 is 1.85 bits per heavy atom. The van der Waals surface area contributed by atoms with E-state index >= 15 is 0 Å². The van der Waals surface area contributed by atoms with Crippen LogP contribution in [-0.2, 0) is 10.0 Å². The normalized spacial score (nSPS) is 14.7. The molecule has 34 heavy (non-hydrogen) atoms. The number of sulfonamides is 1. The van der Waals surface area contributed by atoms with Crippen molar-refractivity contribution in [3.8, 4) is 6.07 Å². The first-order chi connectivity index (χ1) is 16.2. The summed E-state index contributed by atoms with van der Waals surface area (Å²) in [6.07, 6.45) is 2.59. The average molecular weight is 481 g/mol. The quantitative estimate of drug-likeness (QED) is 0.475. The summed E-state index contributed by atoms with van der Waals surface area (Å²) in [5.41, 5.74) is 5.32. The Morgan fingerprint density at radius 3 is 2.47 bits per heavy atom. The fourth-order valence-electron chi connectivity index (χ4n) is 4.28. The molecule has 182 valence electrons. The molecule has 0 atom stereocenters. The monoisotopic (exact) mass is 480 g/mol. The molecule has 1 aliphatic heterocycles. The van der Waals surface area contributed by atoms with Gasteiger partial charge in [-0.15, -0.1) is 0 Å². The number of piperidine rings is 1. The highest BCUT2D eigenvalue weighted by molar-refractivity contribution is 7.92. The summed E-state index contributed by atoms with van der Waals surface area (Å²) >= 11 is 0. The molecule has 1 saturated heterocycles. The zero-order valence-electron chi connectivity index (χ0n) is 20.5. The van der Waals surface area contributed by atoms with E-state index in [1.54, 1.807) is 0 Å². The van der Waals surface area contributed by atoms with E-state index in [-0.39, 0.29) is 5.75 Å². The number of hydrogen-bond donors (Lipinski definition) is 2. The van der Waals surface area contributed by atoms with Crippen molar-refractivity contribution < 1.29 is 8.42 Å². The number of anilines is 1. The van der Waals surface area contributed by atoms with Crippen LogP contribution in [0.2, 0.25) is 0 Å². The second-order valence-corrected chi connectivity index (χ2v) is 11.2. The van der Waals surface area contributed by atoms with Crippen LogP contribution in [0.3, 0.4) is 0 Å². The molecule has 0 amide bonds. The minimum Gasteiger partial charge on any atom is -0.371 e. The number of nitrogens with one attached hydrogen (secondary N) is 2. The zero-order valence-corrected chi connectivity index (χ0v) is 21.3. The SMILES string of the molecule is C=C(c1ccc(C)c(NS(=O)(=O)CCCNC(C)C)c1)N1CCC(c2ccc(C#N)cc2)CC1. The molecule has 1 heterocycles. The number of hydrogen-bond acceptors (Lipinski definition) is 5. The van der Waals surface area contributed by atoms with Gasteiger partial charge in [0, 0.05) is 24.8 Å². The van der Waals surface area contributed by atoms with Crippen LogP contribution in [0.4, 0.5) is 5.69 Å². The van der Waals surface area contributed by atoms with Crippen molar-refractivity contribution in [2.75, 3.05) is 30.1 Å². The van der Waals surface area contributed by atoms with Crippen molar-refractivity contribution in [1.82, 2.24) is 10.2 Å². The molecule has 1 fully saturated rings. The van der Waals surface area contributed by atoms with Crippen molar-refractivity contribution in [3.05, 3.63) is 71.3 Å². The molecule has 2 N–H and O–H groups in total. The van der Waals surface area contributed by atoms with Crippen LogP contribution in [0.25, 0.3) is 5.70 Å². The molecule has 0 unspecified atom stereocenters. The maximum Gasteiger partial charge on any atom is 0.232 e. The van der Waals surface area contributed by atoms with Crippen molar-refractivity contribution in [2.45, 2.75) is 52.0 Å². The Kier molecular flexibility index (Phi) is 8.76. The third-order valence-corrected chi connectivity index (χ3v) is 7.72. The minimum absolute atomic E-state index is 0.0835. The molecule has 0 saturated carbocycles. The lowest BCUT2D eigenvalue weighted by Crippen LogP contribution is -2.31. The lowest BCUT2D eigenvalue weighted by molar-refractivity contribution is 0.299. The van der Waals surface area contributed by atoms with Crippen LogP contribution in [0.5, 0.6) is 0 Å². The largest absolute Gasteiger partial charge is 0.371 e. The lowest BCUT2D eigenvalue weighted by Gasteiger charge is -2.35. The Bertz CT molecular complexity index is 1130. The van der Waals surface area contributed by atoms with Crippen LogP contribution in [-0.4, -0.2) is 44.7 Å². The van der Waals surface area contributed by atoms with Gasteiger partial charge in [-0.1, -0.05) is 44.7 Å². The number of nitrogens with zero attached hydrogens (tertiary/aromatic N) is 2. The predicted molar refractivity (Wildman–Crippen MR) is 140 cm³/mol. The maximum absolute atomic E-state index is 12.6. The topological polar surface area (TPSA) is 85.2 Å². The van der Waals surface area contributed by atoms with Gasteiger partial charge in [-0.05, 0) is 73.5 Å². The van der Waals surface area contributed by atoms with Gasteiger partial charge in [0.25, 0.3) is 0 Å². The molecule has 1 aliphatic rings. The Morgan fingerprint density at radius 1 is 1.18 bits per heavy atom. The highest BCUT2D eigenvalue weighted by Gasteiger charge is 2.22. The van der Waals surface area contributed by atoms with Gasteiger partial charge in [0.05, 0.1) is 23.1 Å². The molecule has 0 aromatic heterocycles. The van der Waals surface area contributed by atoms with Crippen LogP contribution in [0.15, 0.2) is 49.0 Å². The van der Waals surface area contributed by atoms with E-state index in [0.717, 1.165) is 42.8 Å². The van der Waals surface area contributed by atoms with Crippen LogP contribution < -0.4 is 10.0 Å². The number of nitriles is 1. The van der Waals surface area contributed by atoms with Crippen molar-refractivity contribution in [1.29, 1.82) is 5.26 Å². The minimum atomic E-state index is -3.42. The second kappa shape index (κ2) is 11.5. The first-order valence-corrected chi connectivity index (χ1v) is 13.6. The zero-order chi connectivity index (χ0) is 24.7. The molecule has 0 aliphatic carbocycles. The summed E-state index contributed by atoms with van der Waals surface area (Å²) in [5.74, 6) is 0.558. The van der Waals surface area contributed by atoms with Crippen molar-refractivity contribution in [3.63, 3.8) is 0 Å². The summed E-state index contributed by atoms with van der Waals surface area (Å²) in [6.45, 7) is 12.8. The first kappa shape index (κ1) is 25.8. The summed E-state index contributed by atoms with van der Waals surface area (Å²) < 4.78 is 28.0.